The molecule has 0 amide bonds. The van der Waals surface area contributed by atoms with E-state index in [-0.39, 0.29) is 28.6 Å². The molecule has 5 rings (SSSR count). The number of pyridine rings is 1. The molecule has 0 radical (unpaired) electrons. The smallest absolute Gasteiger partial charge is 0.341 e. The molecule has 2 bridgehead atoms. The SMILES string of the molecule is CN1CC2CCC(N2)C1c1c(F)cc2c(=O)c(C(=O)O)cn(C3CC3)c2c1F. The van der Waals surface area contributed by atoms with Crippen LogP contribution in [0.1, 0.15) is 53.7 Å². The van der Waals surface area contributed by atoms with Crippen molar-refractivity contribution in [1.82, 2.24) is 14.8 Å². The fraction of sp³-hybridized carbons (Fsp3) is 0.500. The molecular weight excluding hydrogens is 368 g/mol. The Morgan fingerprint density at radius 1 is 1.25 bits per heavy atom. The molecule has 3 heterocycles. The van der Waals surface area contributed by atoms with Gasteiger partial charge in [-0.1, -0.05) is 0 Å². The van der Waals surface area contributed by atoms with Gasteiger partial charge in [0.05, 0.1) is 16.9 Å². The maximum atomic E-state index is 15.8. The molecule has 2 aliphatic heterocycles. The van der Waals surface area contributed by atoms with Crippen LogP contribution in [0.3, 0.4) is 0 Å². The summed E-state index contributed by atoms with van der Waals surface area (Å²) in [5, 5.41) is 12.6. The van der Waals surface area contributed by atoms with E-state index in [0.29, 0.717) is 12.6 Å². The molecule has 1 saturated carbocycles. The number of aromatic carboxylic acids is 1. The lowest BCUT2D eigenvalue weighted by Gasteiger charge is -2.39. The number of likely N-dealkylation sites (tertiary alicyclic amines) is 1. The van der Waals surface area contributed by atoms with Crippen molar-refractivity contribution in [2.24, 2.45) is 0 Å². The van der Waals surface area contributed by atoms with Gasteiger partial charge in [0, 0.05) is 36.4 Å². The van der Waals surface area contributed by atoms with Crippen molar-refractivity contribution in [3.63, 3.8) is 0 Å². The first-order valence-electron chi connectivity index (χ1n) is 9.63. The largest absolute Gasteiger partial charge is 0.477 e. The number of likely N-dealkylation sites (N-methyl/N-ethyl adjacent to an activating group) is 1. The summed E-state index contributed by atoms with van der Waals surface area (Å²) in [6.45, 7) is 0.700. The van der Waals surface area contributed by atoms with Gasteiger partial charge in [-0.05, 0) is 38.8 Å². The lowest BCUT2D eigenvalue weighted by Crippen LogP contribution is -2.51. The van der Waals surface area contributed by atoms with Crippen LogP contribution in [-0.2, 0) is 0 Å². The van der Waals surface area contributed by atoms with E-state index in [9.17, 15) is 14.7 Å². The number of carboxylic acids is 1. The predicted octanol–water partition coefficient (Wildman–Crippen LogP) is 2.42. The van der Waals surface area contributed by atoms with E-state index in [1.54, 1.807) is 0 Å². The Labute approximate surface area is 159 Å². The van der Waals surface area contributed by atoms with Crippen molar-refractivity contribution >= 4 is 16.9 Å². The van der Waals surface area contributed by atoms with Gasteiger partial charge in [0.25, 0.3) is 0 Å². The van der Waals surface area contributed by atoms with Crippen LogP contribution in [0.5, 0.6) is 0 Å². The minimum Gasteiger partial charge on any atom is -0.477 e. The first kappa shape index (κ1) is 17.8. The number of halogens is 2. The molecule has 1 aromatic heterocycles. The van der Waals surface area contributed by atoms with Crippen LogP contribution in [0.15, 0.2) is 17.1 Å². The monoisotopic (exact) mass is 389 g/mol. The van der Waals surface area contributed by atoms with Crippen LogP contribution in [0.25, 0.3) is 10.9 Å². The minimum atomic E-state index is -1.39. The average Bonchev–Trinajstić information content (AvgIpc) is 3.40. The highest BCUT2D eigenvalue weighted by Crippen LogP contribution is 2.41. The molecule has 2 saturated heterocycles. The average molecular weight is 389 g/mol. The van der Waals surface area contributed by atoms with Crippen LogP contribution in [-0.4, -0.2) is 46.2 Å². The molecule has 0 spiro atoms. The zero-order valence-corrected chi connectivity index (χ0v) is 15.4. The summed E-state index contributed by atoms with van der Waals surface area (Å²) in [7, 11) is 1.86. The highest BCUT2D eigenvalue weighted by Gasteiger charge is 2.42. The molecular formula is C20H21F2N3O3. The summed E-state index contributed by atoms with van der Waals surface area (Å²) in [6, 6.07) is 0.776. The number of fused-ring (bicyclic) bond motifs is 3. The Morgan fingerprint density at radius 2 is 2.00 bits per heavy atom. The fourth-order valence-electron chi connectivity index (χ4n) is 4.95. The van der Waals surface area contributed by atoms with Crippen molar-refractivity contribution in [3.05, 3.63) is 45.2 Å². The summed E-state index contributed by atoms with van der Waals surface area (Å²) in [4.78, 5) is 26.0. The quantitative estimate of drug-likeness (QED) is 0.844. The second kappa shape index (κ2) is 6.09. The third kappa shape index (κ3) is 2.51. The van der Waals surface area contributed by atoms with E-state index in [0.717, 1.165) is 31.7 Å². The van der Waals surface area contributed by atoms with E-state index in [4.69, 9.17) is 0 Å². The van der Waals surface area contributed by atoms with E-state index in [1.807, 2.05) is 11.9 Å². The van der Waals surface area contributed by atoms with Crippen molar-refractivity contribution in [1.29, 1.82) is 0 Å². The zero-order chi connectivity index (χ0) is 19.7. The molecule has 28 heavy (non-hydrogen) atoms. The van der Waals surface area contributed by atoms with Gasteiger partial charge >= 0.3 is 5.97 Å². The first-order chi connectivity index (χ1) is 13.4. The first-order valence-corrected chi connectivity index (χ1v) is 9.63. The van der Waals surface area contributed by atoms with E-state index >= 15 is 8.78 Å². The Kier molecular flexibility index (Phi) is 3.86. The van der Waals surface area contributed by atoms with E-state index in [2.05, 4.69) is 5.32 Å². The summed E-state index contributed by atoms with van der Waals surface area (Å²) < 4.78 is 32.4. The number of nitrogens with one attached hydrogen (secondary N) is 1. The number of nitrogens with zero attached hydrogens (tertiary/aromatic N) is 2. The third-order valence-electron chi connectivity index (χ3n) is 6.35. The van der Waals surface area contributed by atoms with Gasteiger partial charge in [-0.2, -0.15) is 0 Å². The summed E-state index contributed by atoms with van der Waals surface area (Å²) in [5.74, 6) is -2.93. The van der Waals surface area contributed by atoms with Crippen molar-refractivity contribution in [3.8, 4) is 0 Å². The van der Waals surface area contributed by atoms with E-state index in [1.165, 1.54) is 10.8 Å². The molecule has 3 fully saturated rings. The third-order valence-corrected chi connectivity index (χ3v) is 6.35. The number of hydrogen-bond acceptors (Lipinski definition) is 4. The van der Waals surface area contributed by atoms with Gasteiger partial charge in [0.15, 0.2) is 5.82 Å². The van der Waals surface area contributed by atoms with Crippen LogP contribution in [0.4, 0.5) is 8.78 Å². The summed E-state index contributed by atoms with van der Waals surface area (Å²) in [6.07, 6.45) is 4.57. The van der Waals surface area contributed by atoms with Gasteiger partial charge in [0.1, 0.15) is 11.4 Å². The Bertz CT molecular complexity index is 1060. The normalized spacial score (nSPS) is 27.5. The Morgan fingerprint density at radius 3 is 2.68 bits per heavy atom. The van der Waals surface area contributed by atoms with Gasteiger partial charge in [-0.25, -0.2) is 13.6 Å². The maximum Gasteiger partial charge on any atom is 0.341 e. The number of hydrogen-bond donors (Lipinski definition) is 2. The Balaban J connectivity index is 1.78. The highest BCUT2D eigenvalue weighted by molar-refractivity contribution is 5.93. The number of benzene rings is 1. The van der Waals surface area contributed by atoms with Crippen LogP contribution < -0.4 is 10.7 Å². The highest BCUT2D eigenvalue weighted by atomic mass is 19.1. The van der Waals surface area contributed by atoms with Crippen molar-refractivity contribution in [2.45, 2.75) is 49.9 Å². The molecule has 148 valence electrons. The van der Waals surface area contributed by atoms with Gasteiger partial charge in [0.2, 0.25) is 5.43 Å². The van der Waals surface area contributed by atoms with Gasteiger partial charge < -0.3 is 15.0 Å². The maximum absolute atomic E-state index is 15.8. The molecule has 3 atom stereocenters. The summed E-state index contributed by atoms with van der Waals surface area (Å²) in [5.41, 5.74) is -1.33. The number of carbonyl (C=O) groups is 1. The second-order valence-electron chi connectivity index (χ2n) is 8.23. The molecule has 8 heteroatoms. The second-order valence-corrected chi connectivity index (χ2v) is 8.23. The summed E-state index contributed by atoms with van der Waals surface area (Å²) >= 11 is 0. The molecule has 6 nitrogen and oxygen atoms in total. The van der Waals surface area contributed by atoms with Crippen molar-refractivity contribution < 1.29 is 18.7 Å². The molecule has 2 N–H and O–H groups in total. The molecule has 3 unspecified atom stereocenters. The fourth-order valence-corrected chi connectivity index (χ4v) is 4.95. The van der Waals surface area contributed by atoms with Crippen molar-refractivity contribution in [2.75, 3.05) is 13.6 Å². The lowest BCUT2D eigenvalue weighted by atomic mass is 9.93. The topological polar surface area (TPSA) is 74.6 Å². The van der Waals surface area contributed by atoms with Crippen LogP contribution in [0, 0.1) is 11.6 Å². The number of aromatic nitrogens is 1. The zero-order valence-electron chi connectivity index (χ0n) is 15.4. The Hall–Kier alpha value is -2.32. The lowest BCUT2D eigenvalue weighted by molar-refractivity contribution is 0.0694. The van der Waals surface area contributed by atoms with Crippen LogP contribution in [0.2, 0.25) is 0 Å². The van der Waals surface area contributed by atoms with Gasteiger partial charge in [-0.15, -0.1) is 0 Å². The standard InChI is InChI=1S/C20H21F2N3O3/c1-24-7-9-2-5-14(23-9)18(24)15-13(21)6-11-17(16(15)22)25(10-3-4-10)8-12(19(11)26)20(27)28/h6,8-10,14,18,23H,2-5,7H2,1H3,(H,27,28). The molecule has 2 aromatic rings. The number of carboxylic acid groups (broad SMARTS) is 1. The van der Waals surface area contributed by atoms with E-state index < -0.39 is 34.6 Å². The molecule has 1 aromatic carbocycles. The molecule has 1 aliphatic carbocycles. The number of piperazine rings is 1. The van der Waals surface area contributed by atoms with Gasteiger partial charge in [-0.3, -0.25) is 9.69 Å². The molecule has 3 aliphatic rings. The minimum absolute atomic E-state index is 0.0161. The number of rotatable bonds is 3. The predicted molar refractivity (Wildman–Crippen MR) is 98.7 cm³/mol. The van der Waals surface area contributed by atoms with Crippen LogP contribution >= 0.6 is 0 Å².